The first-order valence-electron chi connectivity index (χ1n) is 13.0. The Morgan fingerprint density at radius 1 is 1.26 bits per heavy atom. The van der Waals surface area contributed by atoms with Crippen LogP contribution in [0.5, 0.6) is 0 Å². The molecule has 2 fully saturated rings. The molecule has 3 N–H and O–H groups in total. The normalized spacial score (nSPS) is 20.0. The number of aryl methyl sites for hydroxylation is 1. The maximum absolute atomic E-state index is 12.5. The van der Waals surface area contributed by atoms with Crippen LogP contribution < -0.4 is 10.2 Å². The van der Waals surface area contributed by atoms with E-state index in [0.29, 0.717) is 45.4 Å². The maximum atomic E-state index is 12.5. The monoisotopic (exact) mass is 582 g/mol. The fourth-order valence-electron chi connectivity index (χ4n) is 5.39. The molecule has 4 rings (SSSR count). The average Bonchev–Trinajstić information content (AvgIpc) is 3.22. The van der Waals surface area contributed by atoms with Crippen LogP contribution in [-0.2, 0) is 4.74 Å². The Kier molecular flexibility index (Phi) is 9.04. The van der Waals surface area contributed by atoms with Crippen LogP contribution in [0, 0.1) is 12.3 Å². The van der Waals surface area contributed by atoms with E-state index in [-0.39, 0.29) is 17.6 Å². The van der Waals surface area contributed by atoms with Crippen LogP contribution in [0.25, 0.3) is 0 Å². The van der Waals surface area contributed by atoms with E-state index in [4.69, 9.17) is 37.9 Å². The number of carbonyl (C=O) groups excluding carboxylic acids is 1. The molecule has 8 nitrogen and oxygen atoms in total. The molecule has 0 radical (unpaired) electrons. The number of carbonyl (C=O) groups is 1. The first-order chi connectivity index (χ1) is 17.9. The molecule has 1 aromatic carbocycles. The summed E-state index contributed by atoms with van der Waals surface area (Å²) in [6.45, 7) is 8.41. The summed E-state index contributed by atoms with van der Waals surface area (Å²) < 4.78 is 5.51. The molecule has 2 heterocycles. The van der Waals surface area contributed by atoms with E-state index in [1.807, 2.05) is 39.8 Å². The lowest BCUT2D eigenvalue weighted by Crippen LogP contribution is -2.51. The zero-order valence-corrected chi connectivity index (χ0v) is 24.6. The Morgan fingerprint density at radius 2 is 1.97 bits per heavy atom. The van der Waals surface area contributed by atoms with Gasteiger partial charge in [-0.1, -0.05) is 47.5 Å². The third-order valence-corrected chi connectivity index (χ3v) is 9.37. The highest BCUT2D eigenvalue weighted by atomic mass is 35.5. The molecule has 1 aliphatic carbocycles. The number of aliphatic hydroxyl groups excluding tert-OH is 2. The highest BCUT2D eigenvalue weighted by molar-refractivity contribution is 7.99. The van der Waals surface area contributed by atoms with Crippen molar-refractivity contribution in [3.8, 4) is 0 Å². The van der Waals surface area contributed by atoms with E-state index in [1.54, 1.807) is 6.07 Å². The minimum absolute atomic E-state index is 0.00472. The van der Waals surface area contributed by atoms with E-state index in [1.165, 1.54) is 11.8 Å². The van der Waals surface area contributed by atoms with E-state index in [9.17, 15) is 15.0 Å². The number of piperidine rings is 1. The molecule has 2 aromatic rings. The molecule has 1 saturated heterocycles. The summed E-state index contributed by atoms with van der Waals surface area (Å²) in [6.07, 6.45) is 3.25. The van der Waals surface area contributed by atoms with Crippen molar-refractivity contribution in [2.75, 3.05) is 24.6 Å². The number of halogens is 2. The van der Waals surface area contributed by atoms with Crippen molar-refractivity contribution >= 4 is 46.9 Å². The summed E-state index contributed by atoms with van der Waals surface area (Å²) in [5.41, 5.74) is 0.498. The number of benzene rings is 1. The summed E-state index contributed by atoms with van der Waals surface area (Å²) in [7, 11) is 0. The van der Waals surface area contributed by atoms with Crippen LogP contribution >= 0.6 is 35.0 Å². The number of aliphatic hydroxyl groups is 2. The first-order valence-corrected chi connectivity index (χ1v) is 14.5. The van der Waals surface area contributed by atoms with Gasteiger partial charge >= 0.3 is 6.09 Å². The van der Waals surface area contributed by atoms with Gasteiger partial charge in [0, 0.05) is 24.0 Å². The van der Waals surface area contributed by atoms with Gasteiger partial charge in [0.15, 0.2) is 5.82 Å². The molecule has 1 aromatic heterocycles. The zero-order chi connectivity index (χ0) is 27.7. The van der Waals surface area contributed by atoms with Crippen molar-refractivity contribution in [1.29, 1.82) is 0 Å². The molecule has 38 heavy (non-hydrogen) atoms. The maximum Gasteiger partial charge on any atom is 0.407 e. The highest BCUT2D eigenvalue weighted by Gasteiger charge is 2.46. The van der Waals surface area contributed by atoms with Crippen LogP contribution in [0.4, 0.5) is 10.6 Å². The fraction of sp³-hybridized carbons (Fsp3) is 0.593. The van der Waals surface area contributed by atoms with Gasteiger partial charge in [-0.15, -0.1) is 0 Å². The second-order valence-electron chi connectivity index (χ2n) is 11.1. The van der Waals surface area contributed by atoms with Gasteiger partial charge in [-0.3, -0.25) is 0 Å². The average molecular weight is 584 g/mol. The standard InChI is InChI=1S/C27H36Cl2N4O4S/c1-16-24(38-19-8-5-7-17(28)21(19)29)32-22(18(35)15-34)23(30-16)33-13-11-27(12-14-33)10-6-9-20(27)31-25(36)37-26(2,3)4/h5,7-8,18,20,34-35H,6,9-15H2,1-4H3,(H,31,36)/t18?,20-/m1/s1. The van der Waals surface area contributed by atoms with Gasteiger partial charge in [0.05, 0.1) is 22.3 Å². The molecule has 1 aliphatic heterocycles. The van der Waals surface area contributed by atoms with Gasteiger partial charge in [-0.25, -0.2) is 14.8 Å². The fourth-order valence-corrected chi connectivity index (χ4v) is 6.75. The Balaban J connectivity index is 1.53. The predicted octanol–water partition coefficient (Wildman–Crippen LogP) is 5.93. The minimum Gasteiger partial charge on any atom is -0.444 e. The van der Waals surface area contributed by atoms with Gasteiger partial charge in [0.25, 0.3) is 0 Å². The van der Waals surface area contributed by atoms with Gasteiger partial charge in [-0.05, 0) is 70.9 Å². The molecule has 208 valence electrons. The summed E-state index contributed by atoms with van der Waals surface area (Å²) in [5, 5.41) is 25.0. The SMILES string of the molecule is Cc1nc(N2CCC3(CCC[C@H]3NC(=O)OC(C)(C)C)CC2)c(C(O)CO)nc1Sc1cccc(Cl)c1Cl. The van der Waals surface area contributed by atoms with Crippen molar-refractivity contribution in [3.63, 3.8) is 0 Å². The number of amides is 1. The number of aromatic nitrogens is 2. The lowest BCUT2D eigenvalue weighted by atomic mass is 9.74. The molecular weight excluding hydrogens is 547 g/mol. The Morgan fingerprint density at radius 3 is 2.63 bits per heavy atom. The summed E-state index contributed by atoms with van der Waals surface area (Å²) in [4.78, 5) is 24.9. The topological polar surface area (TPSA) is 108 Å². The predicted molar refractivity (Wildman–Crippen MR) is 150 cm³/mol. The molecular formula is C27H36Cl2N4O4S. The number of rotatable bonds is 6. The Bertz CT molecular complexity index is 1170. The van der Waals surface area contributed by atoms with Gasteiger partial charge < -0.3 is 25.2 Å². The summed E-state index contributed by atoms with van der Waals surface area (Å²) >= 11 is 13.9. The molecule has 1 amide bonds. The third-order valence-electron chi connectivity index (χ3n) is 7.30. The van der Waals surface area contributed by atoms with Crippen LogP contribution in [0.1, 0.15) is 70.4 Å². The lowest BCUT2D eigenvalue weighted by molar-refractivity contribution is 0.0441. The molecule has 1 unspecified atom stereocenters. The van der Waals surface area contributed by atoms with Crippen LogP contribution in [0.2, 0.25) is 10.0 Å². The smallest absolute Gasteiger partial charge is 0.407 e. The number of ether oxygens (including phenoxy) is 1. The molecule has 0 bridgehead atoms. The molecule has 1 saturated carbocycles. The van der Waals surface area contributed by atoms with Crippen LogP contribution in [0.15, 0.2) is 28.1 Å². The summed E-state index contributed by atoms with van der Waals surface area (Å²) in [5.74, 6) is 0.579. The van der Waals surface area contributed by atoms with Crippen molar-refractivity contribution in [3.05, 3.63) is 39.6 Å². The van der Waals surface area contributed by atoms with Gasteiger partial charge in [0.1, 0.15) is 22.4 Å². The molecule has 11 heteroatoms. The lowest BCUT2D eigenvalue weighted by Gasteiger charge is -2.44. The number of anilines is 1. The number of alkyl carbamates (subject to hydrolysis) is 1. The summed E-state index contributed by atoms with van der Waals surface area (Å²) in [6, 6.07) is 5.45. The van der Waals surface area contributed by atoms with Crippen molar-refractivity contribution in [2.45, 2.75) is 87.5 Å². The van der Waals surface area contributed by atoms with Crippen molar-refractivity contribution < 1.29 is 19.7 Å². The number of hydrogen-bond donors (Lipinski definition) is 3. The van der Waals surface area contributed by atoms with E-state index in [2.05, 4.69) is 10.2 Å². The quantitative estimate of drug-likeness (QED) is 0.384. The first kappa shape index (κ1) is 29.2. The Hall–Kier alpha value is -1.78. The number of hydrogen-bond acceptors (Lipinski definition) is 8. The van der Waals surface area contributed by atoms with Crippen LogP contribution in [-0.4, -0.2) is 57.6 Å². The molecule has 2 aliphatic rings. The van der Waals surface area contributed by atoms with E-state index < -0.39 is 18.3 Å². The number of nitrogens with zero attached hydrogens (tertiary/aromatic N) is 3. The highest BCUT2D eigenvalue weighted by Crippen LogP contribution is 2.47. The van der Waals surface area contributed by atoms with E-state index >= 15 is 0 Å². The van der Waals surface area contributed by atoms with Gasteiger partial charge in [0.2, 0.25) is 0 Å². The zero-order valence-electron chi connectivity index (χ0n) is 22.3. The third kappa shape index (κ3) is 6.50. The largest absolute Gasteiger partial charge is 0.444 e. The second-order valence-corrected chi connectivity index (χ2v) is 12.9. The van der Waals surface area contributed by atoms with Crippen molar-refractivity contribution in [1.82, 2.24) is 15.3 Å². The Labute approximate surface area is 238 Å². The van der Waals surface area contributed by atoms with Gasteiger partial charge in [-0.2, -0.15) is 0 Å². The second kappa shape index (κ2) is 11.8. The van der Waals surface area contributed by atoms with E-state index in [0.717, 1.165) is 37.0 Å². The molecule has 2 atom stereocenters. The number of nitrogens with one attached hydrogen (secondary N) is 1. The van der Waals surface area contributed by atoms with Crippen molar-refractivity contribution in [2.24, 2.45) is 5.41 Å². The van der Waals surface area contributed by atoms with Crippen LogP contribution in [0.3, 0.4) is 0 Å². The minimum atomic E-state index is -1.17. The molecule has 1 spiro atoms.